The highest BCUT2D eigenvalue weighted by atomic mass is 16.5. The molecule has 162 valence electrons. The summed E-state index contributed by atoms with van der Waals surface area (Å²) in [5.41, 5.74) is 1.78. The number of rotatable bonds is 8. The van der Waals surface area contributed by atoms with Crippen LogP contribution in [0.4, 0.5) is 5.69 Å². The highest BCUT2D eigenvalue weighted by Gasteiger charge is 2.28. The number of nitrogens with one attached hydrogen (secondary N) is 1. The number of likely N-dealkylation sites (tertiary alicyclic amines) is 1. The minimum absolute atomic E-state index is 0.0922. The van der Waals surface area contributed by atoms with Gasteiger partial charge in [0.05, 0.1) is 13.7 Å². The zero-order valence-electron chi connectivity index (χ0n) is 17.6. The van der Waals surface area contributed by atoms with Gasteiger partial charge in [0.25, 0.3) is 5.91 Å². The molecule has 0 unspecified atom stereocenters. The van der Waals surface area contributed by atoms with Gasteiger partial charge in [0.1, 0.15) is 12.3 Å². The molecule has 0 saturated carbocycles. The number of ether oxygens (including phenoxy) is 1. The fourth-order valence-electron chi connectivity index (χ4n) is 3.32. The van der Waals surface area contributed by atoms with Crippen LogP contribution in [0, 0.1) is 0 Å². The van der Waals surface area contributed by atoms with Gasteiger partial charge in [-0.25, -0.2) is 0 Å². The molecule has 2 aromatic rings. The van der Waals surface area contributed by atoms with E-state index < -0.39 is 0 Å². The molecule has 2 aromatic carbocycles. The Hall–Kier alpha value is -3.68. The molecule has 0 aliphatic carbocycles. The lowest BCUT2D eigenvalue weighted by atomic mass is 10.1. The number of carbonyl (C=O) groups is 4. The minimum Gasteiger partial charge on any atom is -0.497 e. The van der Waals surface area contributed by atoms with Gasteiger partial charge >= 0.3 is 0 Å². The summed E-state index contributed by atoms with van der Waals surface area (Å²) >= 11 is 0. The quantitative estimate of drug-likeness (QED) is 0.658. The van der Waals surface area contributed by atoms with E-state index in [1.165, 1.54) is 9.80 Å². The maximum Gasteiger partial charge on any atom is 0.254 e. The molecule has 1 N–H and O–H groups in total. The zero-order chi connectivity index (χ0) is 22.4. The molecule has 0 bridgehead atoms. The molecule has 1 aliphatic rings. The van der Waals surface area contributed by atoms with Gasteiger partial charge in [0, 0.05) is 36.7 Å². The summed E-state index contributed by atoms with van der Waals surface area (Å²) in [6.45, 7) is 2.27. The van der Waals surface area contributed by atoms with Crippen molar-refractivity contribution in [3.05, 3.63) is 59.7 Å². The molecule has 0 radical (unpaired) electrons. The van der Waals surface area contributed by atoms with Crippen molar-refractivity contribution in [2.45, 2.75) is 26.3 Å². The van der Waals surface area contributed by atoms with Gasteiger partial charge in [-0.1, -0.05) is 18.2 Å². The number of hydrogen-bond acceptors (Lipinski definition) is 5. The van der Waals surface area contributed by atoms with Crippen LogP contribution in [0.15, 0.2) is 48.5 Å². The number of methoxy groups -OCH3 is 1. The highest BCUT2D eigenvalue weighted by Crippen LogP contribution is 2.18. The smallest absolute Gasteiger partial charge is 0.254 e. The van der Waals surface area contributed by atoms with E-state index in [0.29, 0.717) is 23.5 Å². The Morgan fingerprint density at radius 1 is 1.06 bits per heavy atom. The maximum absolute atomic E-state index is 12.8. The summed E-state index contributed by atoms with van der Waals surface area (Å²) in [4.78, 5) is 51.4. The molecule has 8 nitrogen and oxygen atoms in total. The van der Waals surface area contributed by atoms with Gasteiger partial charge < -0.3 is 15.0 Å². The van der Waals surface area contributed by atoms with Crippen molar-refractivity contribution in [3.63, 3.8) is 0 Å². The molecule has 0 spiro atoms. The van der Waals surface area contributed by atoms with Gasteiger partial charge in [-0.3, -0.25) is 24.1 Å². The third-order valence-corrected chi connectivity index (χ3v) is 5.05. The number of likely N-dealkylation sites (N-methyl/N-ethyl adjacent to an activating group) is 1. The summed E-state index contributed by atoms with van der Waals surface area (Å²) in [7, 11) is 1.55. The molecule has 0 atom stereocenters. The van der Waals surface area contributed by atoms with Crippen LogP contribution in [0.2, 0.25) is 0 Å². The Labute approximate surface area is 180 Å². The van der Waals surface area contributed by atoms with Crippen LogP contribution in [0.3, 0.4) is 0 Å². The van der Waals surface area contributed by atoms with Crippen LogP contribution < -0.4 is 10.1 Å². The predicted molar refractivity (Wildman–Crippen MR) is 114 cm³/mol. The van der Waals surface area contributed by atoms with E-state index in [4.69, 9.17) is 4.74 Å². The Morgan fingerprint density at radius 2 is 1.74 bits per heavy atom. The molecule has 0 aromatic heterocycles. The van der Waals surface area contributed by atoms with E-state index in [1.54, 1.807) is 62.6 Å². The molecular formula is C23H25N3O5. The lowest BCUT2D eigenvalue weighted by molar-refractivity contribution is -0.139. The van der Waals surface area contributed by atoms with Crippen molar-refractivity contribution in [2.24, 2.45) is 0 Å². The minimum atomic E-state index is -0.314. The van der Waals surface area contributed by atoms with Crippen molar-refractivity contribution in [3.8, 4) is 5.75 Å². The van der Waals surface area contributed by atoms with E-state index in [-0.39, 0.29) is 49.6 Å². The van der Waals surface area contributed by atoms with Crippen molar-refractivity contribution in [2.75, 3.05) is 25.5 Å². The van der Waals surface area contributed by atoms with E-state index >= 15 is 0 Å². The summed E-state index contributed by atoms with van der Waals surface area (Å²) in [6.07, 6.45) is 0.497. The first-order valence-corrected chi connectivity index (χ1v) is 10.1. The van der Waals surface area contributed by atoms with Crippen LogP contribution in [0.1, 0.15) is 35.7 Å². The lowest BCUT2D eigenvalue weighted by Crippen LogP contribution is -2.37. The monoisotopic (exact) mass is 423 g/mol. The summed E-state index contributed by atoms with van der Waals surface area (Å²) < 4.78 is 5.14. The number of imide groups is 1. The number of nitrogens with zero attached hydrogens (tertiary/aromatic N) is 2. The number of amides is 4. The van der Waals surface area contributed by atoms with Gasteiger partial charge in [-0.05, 0) is 36.8 Å². The molecule has 31 heavy (non-hydrogen) atoms. The lowest BCUT2D eigenvalue weighted by Gasteiger charge is -2.21. The Morgan fingerprint density at radius 3 is 2.35 bits per heavy atom. The van der Waals surface area contributed by atoms with E-state index in [0.717, 1.165) is 5.56 Å². The number of benzene rings is 2. The van der Waals surface area contributed by atoms with Crippen molar-refractivity contribution < 1.29 is 23.9 Å². The second kappa shape index (κ2) is 9.88. The zero-order valence-corrected chi connectivity index (χ0v) is 17.6. The predicted octanol–water partition coefficient (Wildman–Crippen LogP) is 2.45. The first-order chi connectivity index (χ1) is 14.9. The standard InChI is InChI=1S/C23H25N3O5/c1-3-25(15-20(27)24-18-5-4-6-19(13-18)31-2)23(30)17-9-7-16(8-10-17)14-26-21(28)11-12-22(26)29/h4-10,13H,3,11-12,14-15H2,1-2H3,(H,24,27). The molecular weight excluding hydrogens is 398 g/mol. The largest absolute Gasteiger partial charge is 0.497 e. The van der Waals surface area contributed by atoms with Crippen molar-refractivity contribution >= 4 is 29.3 Å². The first-order valence-electron chi connectivity index (χ1n) is 10.1. The van der Waals surface area contributed by atoms with Gasteiger partial charge in [0.2, 0.25) is 17.7 Å². The van der Waals surface area contributed by atoms with E-state index in [1.807, 2.05) is 0 Å². The second-order valence-electron chi connectivity index (χ2n) is 7.17. The van der Waals surface area contributed by atoms with Crippen LogP contribution >= 0.6 is 0 Å². The highest BCUT2D eigenvalue weighted by molar-refractivity contribution is 6.02. The molecule has 4 amide bonds. The van der Waals surface area contributed by atoms with Gasteiger partial charge in [0.15, 0.2) is 0 Å². The van der Waals surface area contributed by atoms with Gasteiger partial charge in [-0.2, -0.15) is 0 Å². The molecule has 1 heterocycles. The molecule has 3 rings (SSSR count). The van der Waals surface area contributed by atoms with E-state index in [9.17, 15) is 19.2 Å². The average Bonchev–Trinajstić information content (AvgIpc) is 3.09. The summed E-state index contributed by atoms with van der Waals surface area (Å²) in [5.74, 6) is -0.318. The maximum atomic E-state index is 12.8. The Bertz CT molecular complexity index is 971. The number of hydrogen-bond donors (Lipinski definition) is 1. The molecule has 1 fully saturated rings. The SMILES string of the molecule is CCN(CC(=O)Nc1cccc(OC)c1)C(=O)c1ccc(CN2C(=O)CCC2=O)cc1. The third-order valence-electron chi connectivity index (χ3n) is 5.05. The molecule has 1 saturated heterocycles. The van der Waals surface area contributed by atoms with Crippen molar-refractivity contribution in [1.29, 1.82) is 0 Å². The molecule has 8 heteroatoms. The number of carbonyl (C=O) groups excluding carboxylic acids is 4. The van der Waals surface area contributed by atoms with Crippen LogP contribution in [-0.4, -0.2) is 53.6 Å². The van der Waals surface area contributed by atoms with Crippen LogP contribution in [0.5, 0.6) is 5.75 Å². The normalized spacial score (nSPS) is 13.3. The Kier molecular flexibility index (Phi) is 7.02. The molecule has 1 aliphatic heterocycles. The Balaban J connectivity index is 1.61. The summed E-state index contributed by atoms with van der Waals surface area (Å²) in [6, 6.07) is 13.7. The fraction of sp³-hybridized carbons (Fsp3) is 0.304. The van der Waals surface area contributed by atoms with Crippen LogP contribution in [0.25, 0.3) is 0 Å². The average molecular weight is 423 g/mol. The topological polar surface area (TPSA) is 96.0 Å². The van der Waals surface area contributed by atoms with Gasteiger partial charge in [-0.15, -0.1) is 0 Å². The third kappa shape index (κ3) is 5.48. The number of anilines is 1. The fourth-order valence-corrected chi connectivity index (χ4v) is 3.32. The first kappa shape index (κ1) is 22.0. The van der Waals surface area contributed by atoms with E-state index in [2.05, 4.69) is 5.32 Å². The van der Waals surface area contributed by atoms with Crippen LogP contribution in [-0.2, 0) is 20.9 Å². The van der Waals surface area contributed by atoms with Crippen molar-refractivity contribution in [1.82, 2.24) is 9.80 Å². The second-order valence-corrected chi connectivity index (χ2v) is 7.17. The summed E-state index contributed by atoms with van der Waals surface area (Å²) in [5, 5.41) is 2.76.